The molecule has 5 heteroatoms. The average molecular weight is 334 g/mol. The molecule has 4 rings (SSSR count). The molecule has 1 saturated heterocycles. The number of nitrogens with zero attached hydrogens (tertiary/aromatic N) is 4. The second-order valence-corrected chi connectivity index (χ2v) is 6.82. The molecule has 1 fully saturated rings. The molecule has 3 aromatic rings. The van der Waals surface area contributed by atoms with Gasteiger partial charge in [0, 0.05) is 37.3 Å². The third-order valence-electron chi connectivity index (χ3n) is 5.10. The standard InChI is InChI=1S/C20H22N4O/c1-15-12-19(22-18-5-3-2-4-17(15)18)23-10-7-16(8-11-23)13-24-14-21-9-6-20(24)25/h2-6,9,12,14,16H,7-8,10-11,13H2,1H3. The van der Waals surface area contributed by atoms with Crippen LogP contribution < -0.4 is 10.5 Å². The van der Waals surface area contributed by atoms with Crippen LogP contribution >= 0.6 is 0 Å². The zero-order chi connectivity index (χ0) is 17.2. The second kappa shape index (κ2) is 6.67. The first-order valence-corrected chi connectivity index (χ1v) is 8.82. The zero-order valence-electron chi connectivity index (χ0n) is 14.4. The number of aryl methyl sites for hydroxylation is 1. The largest absolute Gasteiger partial charge is 0.357 e. The highest BCUT2D eigenvalue weighted by atomic mass is 16.1. The van der Waals surface area contributed by atoms with E-state index in [0.717, 1.165) is 43.8 Å². The van der Waals surface area contributed by atoms with Gasteiger partial charge in [0.2, 0.25) is 0 Å². The van der Waals surface area contributed by atoms with Crippen molar-refractivity contribution in [1.29, 1.82) is 0 Å². The summed E-state index contributed by atoms with van der Waals surface area (Å²) in [5.41, 5.74) is 2.36. The van der Waals surface area contributed by atoms with Crippen molar-refractivity contribution in [3.05, 3.63) is 64.8 Å². The Kier molecular flexibility index (Phi) is 4.22. The maximum atomic E-state index is 11.8. The van der Waals surface area contributed by atoms with Crippen molar-refractivity contribution in [3.63, 3.8) is 0 Å². The maximum Gasteiger partial charge on any atom is 0.253 e. The van der Waals surface area contributed by atoms with Crippen molar-refractivity contribution >= 4 is 16.7 Å². The minimum absolute atomic E-state index is 0.0317. The average Bonchev–Trinajstić information content (AvgIpc) is 2.64. The lowest BCUT2D eigenvalue weighted by Gasteiger charge is -2.33. The Bertz CT molecular complexity index is 942. The molecule has 3 heterocycles. The Morgan fingerprint density at radius 1 is 1.16 bits per heavy atom. The maximum absolute atomic E-state index is 11.8. The van der Waals surface area contributed by atoms with E-state index in [0.29, 0.717) is 5.92 Å². The lowest BCUT2D eigenvalue weighted by Crippen LogP contribution is -2.36. The van der Waals surface area contributed by atoms with Crippen molar-refractivity contribution in [2.75, 3.05) is 18.0 Å². The summed E-state index contributed by atoms with van der Waals surface area (Å²) < 4.78 is 1.72. The van der Waals surface area contributed by atoms with Crippen molar-refractivity contribution in [1.82, 2.24) is 14.5 Å². The fraction of sp³-hybridized carbons (Fsp3) is 0.350. The van der Waals surface area contributed by atoms with Gasteiger partial charge in [0.05, 0.1) is 11.8 Å². The van der Waals surface area contributed by atoms with E-state index in [-0.39, 0.29) is 5.56 Å². The predicted octanol–water partition coefficient (Wildman–Crippen LogP) is 3.02. The van der Waals surface area contributed by atoms with E-state index in [1.807, 2.05) is 6.07 Å². The van der Waals surface area contributed by atoms with Crippen LogP contribution in [-0.2, 0) is 6.54 Å². The summed E-state index contributed by atoms with van der Waals surface area (Å²) in [4.78, 5) is 23.1. The molecule has 0 radical (unpaired) electrons. The third kappa shape index (κ3) is 3.27. The quantitative estimate of drug-likeness (QED) is 0.739. The molecule has 0 N–H and O–H groups in total. The van der Waals surface area contributed by atoms with E-state index in [1.54, 1.807) is 17.1 Å². The number of aromatic nitrogens is 3. The molecule has 25 heavy (non-hydrogen) atoms. The van der Waals surface area contributed by atoms with Gasteiger partial charge < -0.3 is 4.90 Å². The minimum Gasteiger partial charge on any atom is -0.357 e. The Hall–Kier alpha value is -2.69. The zero-order valence-corrected chi connectivity index (χ0v) is 14.4. The molecule has 2 aromatic heterocycles. The number of hydrogen-bond acceptors (Lipinski definition) is 4. The number of rotatable bonds is 3. The fourth-order valence-electron chi connectivity index (χ4n) is 3.63. The number of piperidine rings is 1. The van der Waals surface area contributed by atoms with Gasteiger partial charge in [0.1, 0.15) is 5.82 Å². The summed E-state index contributed by atoms with van der Waals surface area (Å²) >= 11 is 0. The lowest BCUT2D eigenvalue weighted by atomic mass is 9.96. The molecule has 0 amide bonds. The van der Waals surface area contributed by atoms with Gasteiger partial charge in [0.25, 0.3) is 5.56 Å². The first kappa shape index (κ1) is 15.8. The minimum atomic E-state index is 0.0317. The van der Waals surface area contributed by atoms with Crippen molar-refractivity contribution in [3.8, 4) is 0 Å². The number of pyridine rings is 1. The van der Waals surface area contributed by atoms with Crippen molar-refractivity contribution < 1.29 is 0 Å². The highest BCUT2D eigenvalue weighted by molar-refractivity contribution is 5.83. The summed E-state index contributed by atoms with van der Waals surface area (Å²) in [6.45, 7) is 4.86. The molecule has 1 aliphatic rings. The molecule has 1 aromatic carbocycles. The van der Waals surface area contributed by atoms with Crippen LogP contribution in [0.25, 0.3) is 10.9 Å². The van der Waals surface area contributed by atoms with Crippen LogP contribution in [0.4, 0.5) is 5.82 Å². The second-order valence-electron chi connectivity index (χ2n) is 6.82. The molecular formula is C20H22N4O. The molecule has 0 bridgehead atoms. The Morgan fingerprint density at radius 2 is 1.96 bits per heavy atom. The Morgan fingerprint density at radius 3 is 2.76 bits per heavy atom. The van der Waals surface area contributed by atoms with Gasteiger partial charge in [-0.25, -0.2) is 9.97 Å². The summed E-state index contributed by atoms with van der Waals surface area (Å²) in [7, 11) is 0. The molecule has 0 saturated carbocycles. The summed E-state index contributed by atoms with van der Waals surface area (Å²) in [5, 5.41) is 1.22. The van der Waals surface area contributed by atoms with E-state index in [2.05, 4.69) is 41.1 Å². The van der Waals surface area contributed by atoms with Gasteiger partial charge in [0.15, 0.2) is 0 Å². The number of para-hydroxylation sites is 1. The van der Waals surface area contributed by atoms with Crippen LogP contribution in [-0.4, -0.2) is 27.6 Å². The van der Waals surface area contributed by atoms with E-state index < -0.39 is 0 Å². The fourth-order valence-corrected chi connectivity index (χ4v) is 3.63. The normalized spacial score (nSPS) is 15.6. The van der Waals surface area contributed by atoms with Crippen LogP contribution in [0.1, 0.15) is 18.4 Å². The SMILES string of the molecule is Cc1cc(N2CCC(Cn3cnccc3=O)CC2)nc2ccccc12. The van der Waals surface area contributed by atoms with Gasteiger partial charge in [-0.1, -0.05) is 18.2 Å². The van der Waals surface area contributed by atoms with E-state index in [1.165, 1.54) is 17.0 Å². The van der Waals surface area contributed by atoms with Crippen LogP contribution in [0, 0.1) is 12.8 Å². The van der Waals surface area contributed by atoms with Gasteiger partial charge in [-0.3, -0.25) is 9.36 Å². The van der Waals surface area contributed by atoms with Gasteiger partial charge >= 0.3 is 0 Å². The Labute approximate surface area is 147 Å². The number of fused-ring (bicyclic) bond motifs is 1. The summed E-state index contributed by atoms with van der Waals surface area (Å²) in [6.07, 6.45) is 5.32. The lowest BCUT2D eigenvalue weighted by molar-refractivity contribution is 0.350. The van der Waals surface area contributed by atoms with Crippen LogP contribution in [0.3, 0.4) is 0 Å². The first-order valence-electron chi connectivity index (χ1n) is 8.82. The molecule has 0 spiro atoms. The molecule has 1 aliphatic heterocycles. The van der Waals surface area contributed by atoms with Crippen molar-refractivity contribution in [2.45, 2.75) is 26.3 Å². The molecule has 0 atom stereocenters. The van der Waals surface area contributed by atoms with Crippen LogP contribution in [0.2, 0.25) is 0 Å². The summed E-state index contributed by atoms with van der Waals surface area (Å²) in [6, 6.07) is 12.0. The Balaban J connectivity index is 1.47. The molecule has 0 aliphatic carbocycles. The topological polar surface area (TPSA) is 51.0 Å². The molecule has 5 nitrogen and oxygen atoms in total. The van der Waals surface area contributed by atoms with Crippen LogP contribution in [0.5, 0.6) is 0 Å². The van der Waals surface area contributed by atoms with Crippen LogP contribution in [0.15, 0.2) is 53.7 Å². The van der Waals surface area contributed by atoms with Gasteiger partial charge in [-0.15, -0.1) is 0 Å². The predicted molar refractivity (Wildman–Crippen MR) is 99.9 cm³/mol. The molecule has 128 valence electrons. The highest BCUT2D eigenvalue weighted by Gasteiger charge is 2.21. The highest BCUT2D eigenvalue weighted by Crippen LogP contribution is 2.26. The van der Waals surface area contributed by atoms with E-state index in [4.69, 9.17) is 4.98 Å². The molecular weight excluding hydrogens is 312 g/mol. The van der Waals surface area contributed by atoms with Crippen molar-refractivity contribution in [2.24, 2.45) is 5.92 Å². The summed E-state index contributed by atoms with van der Waals surface area (Å²) in [5.74, 6) is 1.58. The number of benzene rings is 1. The third-order valence-corrected chi connectivity index (χ3v) is 5.10. The van der Waals surface area contributed by atoms with Gasteiger partial charge in [-0.2, -0.15) is 0 Å². The first-order chi connectivity index (χ1) is 12.2. The monoisotopic (exact) mass is 334 g/mol. The number of hydrogen-bond donors (Lipinski definition) is 0. The smallest absolute Gasteiger partial charge is 0.253 e. The van der Waals surface area contributed by atoms with E-state index >= 15 is 0 Å². The van der Waals surface area contributed by atoms with Gasteiger partial charge in [-0.05, 0) is 43.4 Å². The molecule has 0 unspecified atom stereocenters. The van der Waals surface area contributed by atoms with E-state index in [9.17, 15) is 4.79 Å². The number of anilines is 1.